The van der Waals surface area contributed by atoms with Crippen molar-refractivity contribution in [2.75, 3.05) is 11.1 Å². The van der Waals surface area contributed by atoms with Crippen LogP contribution >= 0.6 is 39.0 Å². The van der Waals surface area contributed by atoms with Gasteiger partial charge in [0.1, 0.15) is 16.2 Å². The molecule has 4 nitrogen and oxygen atoms in total. The number of fused-ring (bicyclic) bond motifs is 1. The van der Waals surface area contributed by atoms with Crippen LogP contribution < -0.4 is 5.32 Å². The molecule has 4 aromatic rings. The van der Waals surface area contributed by atoms with E-state index in [1.54, 1.807) is 17.7 Å². The molecule has 4 rings (SSSR count). The Bertz CT molecular complexity index is 1170. The quantitative estimate of drug-likeness (QED) is 0.230. The molecule has 30 heavy (non-hydrogen) atoms. The number of carbonyl (C=O) groups is 1. The van der Waals surface area contributed by atoms with Crippen LogP contribution in [0.3, 0.4) is 0 Å². The van der Waals surface area contributed by atoms with Crippen LogP contribution in [0, 0.1) is 0 Å². The first kappa shape index (κ1) is 21.0. The van der Waals surface area contributed by atoms with Crippen molar-refractivity contribution < 1.29 is 4.79 Å². The van der Waals surface area contributed by atoms with Crippen LogP contribution in [0.2, 0.25) is 0 Å². The molecular formula is C23H20BrN3OS2. The fraction of sp³-hybridized carbons (Fsp3) is 0.174. The summed E-state index contributed by atoms with van der Waals surface area (Å²) in [5.41, 5.74) is 4.26. The first-order chi connectivity index (χ1) is 14.5. The summed E-state index contributed by atoms with van der Waals surface area (Å²) in [6.07, 6.45) is 1.56. The average Bonchev–Trinajstić information content (AvgIpc) is 3.18. The number of benzene rings is 2. The van der Waals surface area contributed by atoms with Gasteiger partial charge in [0.25, 0.3) is 0 Å². The molecule has 0 spiro atoms. The lowest BCUT2D eigenvalue weighted by molar-refractivity contribution is -0.113. The summed E-state index contributed by atoms with van der Waals surface area (Å²) >= 11 is 6.51. The average molecular weight is 498 g/mol. The van der Waals surface area contributed by atoms with E-state index in [1.165, 1.54) is 17.3 Å². The van der Waals surface area contributed by atoms with Gasteiger partial charge in [-0.1, -0.05) is 65.8 Å². The molecule has 0 fully saturated rings. The topological polar surface area (TPSA) is 54.9 Å². The van der Waals surface area contributed by atoms with E-state index >= 15 is 0 Å². The number of anilines is 1. The number of carbonyl (C=O) groups excluding carboxylic acids is 1. The number of nitrogens with one attached hydrogen (secondary N) is 1. The summed E-state index contributed by atoms with van der Waals surface area (Å²) in [5.74, 6) is 0.703. The van der Waals surface area contributed by atoms with E-state index in [-0.39, 0.29) is 11.7 Å². The third kappa shape index (κ3) is 4.74. The van der Waals surface area contributed by atoms with Crippen LogP contribution in [-0.4, -0.2) is 21.6 Å². The van der Waals surface area contributed by atoms with Crippen LogP contribution in [-0.2, 0) is 4.79 Å². The normalized spacial score (nSPS) is 11.2. The summed E-state index contributed by atoms with van der Waals surface area (Å²) in [6, 6.07) is 16.2. The molecule has 0 unspecified atom stereocenters. The first-order valence-electron chi connectivity index (χ1n) is 9.52. The maximum atomic E-state index is 12.5. The van der Waals surface area contributed by atoms with E-state index in [0.29, 0.717) is 5.92 Å². The molecule has 2 aromatic heterocycles. The summed E-state index contributed by atoms with van der Waals surface area (Å²) in [5, 5.41) is 6.89. The predicted octanol–water partition coefficient (Wildman–Crippen LogP) is 6.98. The molecule has 0 atom stereocenters. The highest BCUT2D eigenvalue weighted by atomic mass is 79.9. The minimum atomic E-state index is -0.0514. The lowest BCUT2D eigenvalue weighted by Crippen LogP contribution is -2.14. The fourth-order valence-electron chi connectivity index (χ4n) is 3.08. The summed E-state index contributed by atoms with van der Waals surface area (Å²) in [4.78, 5) is 22.3. The van der Waals surface area contributed by atoms with Crippen LogP contribution in [0.4, 0.5) is 5.69 Å². The van der Waals surface area contributed by atoms with Gasteiger partial charge in [0.2, 0.25) is 5.91 Å². The highest BCUT2D eigenvalue weighted by molar-refractivity contribution is 9.10. The van der Waals surface area contributed by atoms with Gasteiger partial charge in [-0.3, -0.25) is 4.79 Å². The van der Waals surface area contributed by atoms with E-state index in [1.807, 2.05) is 24.3 Å². The zero-order valence-corrected chi connectivity index (χ0v) is 19.8. The van der Waals surface area contributed by atoms with E-state index in [9.17, 15) is 4.79 Å². The minimum absolute atomic E-state index is 0.0514. The number of rotatable bonds is 6. The summed E-state index contributed by atoms with van der Waals surface area (Å²) < 4.78 is 1.04. The van der Waals surface area contributed by atoms with Gasteiger partial charge in [-0.2, -0.15) is 0 Å². The molecule has 0 bridgehead atoms. The minimum Gasteiger partial charge on any atom is -0.325 e. The number of thioether (sulfide) groups is 1. The van der Waals surface area contributed by atoms with Crippen LogP contribution in [0.5, 0.6) is 0 Å². The molecule has 0 saturated carbocycles. The molecule has 1 N–H and O–H groups in total. The second kappa shape index (κ2) is 9.29. The van der Waals surface area contributed by atoms with Gasteiger partial charge < -0.3 is 5.32 Å². The van der Waals surface area contributed by atoms with E-state index in [4.69, 9.17) is 0 Å². The molecular weight excluding hydrogens is 478 g/mol. The fourth-order valence-corrected chi connectivity index (χ4v) is 5.14. The number of aromatic nitrogens is 2. The van der Waals surface area contributed by atoms with Gasteiger partial charge in [-0.15, -0.1) is 11.3 Å². The van der Waals surface area contributed by atoms with Gasteiger partial charge in [0.15, 0.2) is 0 Å². The van der Waals surface area contributed by atoms with Crippen molar-refractivity contribution in [2.45, 2.75) is 24.8 Å². The standard InChI is InChI=1S/C23H20BrN3OS2/c1-14(2)15-5-9-18(10-6-15)27-20(28)12-30-23-21-19(11-29-22(21)25-13-26-23)16-3-7-17(24)8-4-16/h3-11,13-14H,12H2,1-2H3,(H,27,28). The van der Waals surface area contributed by atoms with Crippen molar-refractivity contribution >= 4 is 60.8 Å². The highest BCUT2D eigenvalue weighted by Gasteiger charge is 2.15. The maximum absolute atomic E-state index is 12.5. The van der Waals surface area contributed by atoms with Crippen molar-refractivity contribution in [3.63, 3.8) is 0 Å². The Balaban J connectivity index is 1.50. The molecule has 0 aliphatic carbocycles. The Kier molecular flexibility index (Phi) is 6.51. The number of halogens is 1. The summed E-state index contributed by atoms with van der Waals surface area (Å²) in [7, 11) is 0. The van der Waals surface area contributed by atoms with Gasteiger partial charge in [-0.05, 0) is 41.3 Å². The van der Waals surface area contributed by atoms with Crippen molar-refractivity contribution in [2.24, 2.45) is 0 Å². The molecule has 0 saturated heterocycles. The number of hydrogen-bond acceptors (Lipinski definition) is 5. The SMILES string of the molecule is CC(C)c1ccc(NC(=O)CSc2ncnc3scc(-c4ccc(Br)cc4)c23)cc1. The van der Waals surface area contributed by atoms with Gasteiger partial charge in [0, 0.05) is 21.1 Å². The third-order valence-corrected chi connectivity index (χ3v) is 7.10. The van der Waals surface area contributed by atoms with Crippen molar-refractivity contribution in [3.8, 4) is 11.1 Å². The summed E-state index contributed by atoms with van der Waals surface area (Å²) in [6.45, 7) is 4.30. The molecule has 2 aromatic carbocycles. The lowest BCUT2D eigenvalue weighted by atomic mass is 10.0. The van der Waals surface area contributed by atoms with Crippen LogP contribution in [0.1, 0.15) is 25.3 Å². The molecule has 1 amide bonds. The Morgan fingerprint density at radius 2 is 1.83 bits per heavy atom. The largest absolute Gasteiger partial charge is 0.325 e. The molecule has 0 radical (unpaired) electrons. The Labute approximate surface area is 192 Å². The van der Waals surface area contributed by atoms with Gasteiger partial charge in [0.05, 0.1) is 11.1 Å². The molecule has 2 heterocycles. The molecule has 152 valence electrons. The lowest BCUT2D eigenvalue weighted by Gasteiger charge is -2.09. The second-order valence-corrected chi connectivity index (χ2v) is 9.87. The Morgan fingerprint density at radius 1 is 1.10 bits per heavy atom. The number of nitrogens with zero attached hydrogens (tertiary/aromatic N) is 2. The van der Waals surface area contributed by atoms with E-state index in [0.717, 1.165) is 36.5 Å². The number of amides is 1. The monoisotopic (exact) mass is 497 g/mol. The van der Waals surface area contributed by atoms with Crippen molar-refractivity contribution in [1.29, 1.82) is 0 Å². The van der Waals surface area contributed by atoms with Gasteiger partial charge in [-0.25, -0.2) is 9.97 Å². The van der Waals surface area contributed by atoms with Crippen molar-refractivity contribution in [3.05, 3.63) is 70.3 Å². The van der Waals surface area contributed by atoms with E-state index in [2.05, 4.69) is 74.7 Å². The number of thiophene rings is 1. The predicted molar refractivity (Wildman–Crippen MR) is 130 cm³/mol. The van der Waals surface area contributed by atoms with Gasteiger partial charge >= 0.3 is 0 Å². The maximum Gasteiger partial charge on any atom is 0.234 e. The molecule has 0 aliphatic heterocycles. The second-order valence-electron chi connectivity index (χ2n) is 7.13. The highest BCUT2D eigenvalue weighted by Crippen LogP contribution is 2.38. The third-order valence-electron chi connectivity index (χ3n) is 4.69. The number of hydrogen-bond donors (Lipinski definition) is 1. The smallest absolute Gasteiger partial charge is 0.234 e. The van der Waals surface area contributed by atoms with Crippen LogP contribution in [0.25, 0.3) is 21.3 Å². The van der Waals surface area contributed by atoms with Crippen LogP contribution in [0.15, 0.2) is 69.7 Å². The van der Waals surface area contributed by atoms with Crippen molar-refractivity contribution in [1.82, 2.24) is 9.97 Å². The first-order valence-corrected chi connectivity index (χ1v) is 12.2. The Morgan fingerprint density at radius 3 is 2.53 bits per heavy atom. The molecule has 7 heteroatoms. The van der Waals surface area contributed by atoms with E-state index < -0.39 is 0 Å². The zero-order chi connectivity index (χ0) is 21.1. The zero-order valence-electron chi connectivity index (χ0n) is 16.6. The molecule has 0 aliphatic rings. The Hall–Kier alpha value is -2.22.